The largest absolute Gasteiger partial charge is 0.352 e. The Balaban J connectivity index is 3.63. The van der Waals surface area contributed by atoms with E-state index in [0.717, 1.165) is 12.8 Å². The molecule has 0 rings (SSSR count). The van der Waals surface area contributed by atoms with Gasteiger partial charge in [0.05, 0.1) is 6.04 Å². The van der Waals surface area contributed by atoms with Crippen molar-refractivity contribution >= 4 is 6.03 Å². The van der Waals surface area contributed by atoms with Crippen molar-refractivity contribution in [2.75, 3.05) is 0 Å². The van der Waals surface area contributed by atoms with Gasteiger partial charge in [-0.3, -0.25) is 0 Å². The molecule has 56 valence electrons. The number of hydrogen-bond acceptors (Lipinski definition) is 1. The average molecular weight is 140 g/mol. The maximum Gasteiger partial charge on any atom is 0.313 e. The molecule has 0 aromatic carbocycles. The van der Waals surface area contributed by atoms with Crippen molar-refractivity contribution in [3.8, 4) is 12.3 Å². The molecule has 3 N–H and O–H groups in total. The van der Waals surface area contributed by atoms with Crippen LogP contribution in [-0.4, -0.2) is 12.1 Å². The molecule has 0 aliphatic heterocycles. The maximum absolute atomic E-state index is 10.3. The van der Waals surface area contributed by atoms with Crippen molar-refractivity contribution in [1.82, 2.24) is 5.32 Å². The zero-order valence-electron chi connectivity index (χ0n) is 6.05. The minimum atomic E-state index is -0.559. The molecule has 0 aliphatic carbocycles. The lowest BCUT2D eigenvalue weighted by Crippen LogP contribution is -2.37. The summed E-state index contributed by atoms with van der Waals surface area (Å²) in [6.07, 6.45) is 6.80. The molecule has 0 aromatic rings. The number of carbonyl (C=O) groups excluding carboxylic acids is 1. The van der Waals surface area contributed by atoms with Gasteiger partial charge in [0, 0.05) is 0 Å². The van der Waals surface area contributed by atoms with E-state index in [2.05, 4.69) is 11.2 Å². The molecule has 0 aliphatic rings. The first-order chi connectivity index (χ1) is 4.70. The summed E-state index contributed by atoms with van der Waals surface area (Å²) < 4.78 is 0. The van der Waals surface area contributed by atoms with Crippen molar-refractivity contribution in [2.24, 2.45) is 5.73 Å². The van der Waals surface area contributed by atoms with Crippen molar-refractivity contribution in [2.45, 2.75) is 25.8 Å². The summed E-state index contributed by atoms with van der Waals surface area (Å²) in [5.41, 5.74) is 4.85. The zero-order valence-corrected chi connectivity index (χ0v) is 6.05. The monoisotopic (exact) mass is 140 g/mol. The summed E-state index contributed by atoms with van der Waals surface area (Å²) in [5.74, 6) is 2.42. The van der Waals surface area contributed by atoms with E-state index in [1.165, 1.54) is 0 Å². The van der Waals surface area contributed by atoms with Crippen molar-refractivity contribution in [3.05, 3.63) is 0 Å². The molecule has 2 amide bonds. The summed E-state index contributed by atoms with van der Waals surface area (Å²) in [6, 6.07) is -0.765. The van der Waals surface area contributed by atoms with E-state index in [1.54, 1.807) is 0 Å². The highest BCUT2D eigenvalue weighted by Crippen LogP contribution is 1.93. The van der Waals surface area contributed by atoms with Crippen LogP contribution in [-0.2, 0) is 0 Å². The average Bonchev–Trinajstić information content (AvgIpc) is 1.86. The molecule has 1 unspecified atom stereocenters. The molecule has 0 saturated carbocycles. The summed E-state index contributed by atoms with van der Waals surface area (Å²) >= 11 is 0. The van der Waals surface area contributed by atoms with Crippen LogP contribution >= 0.6 is 0 Å². The van der Waals surface area contributed by atoms with E-state index in [-0.39, 0.29) is 6.04 Å². The third-order valence-electron chi connectivity index (χ3n) is 1.10. The number of nitrogens with one attached hydrogen (secondary N) is 1. The predicted molar refractivity (Wildman–Crippen MR) is 40.2 cm³/mol. The number of rotatable bonds is 3. The smallest absolute Gasteiger partial charge is 0.313 e. The zero-order chi connectivity index (χ0) is 7.98. The van der Waals surface area contributed by atoms with Crippen LogP contribution in [0.5, 0.6) is 0 Å². The van der Waals surface area contributed by atoms with Crippen LogP contribution in [0.25, 0.3) is 0 Å². The number of terminal acetylenes is 1. The fourth-order valence-corrected chi connectivity index (χ4v) is 0.658. The predicted octanol–water partition coefficient (Wildman–Crippen LogP) is 0.457. The fraction of sp³-hybridized carbons (Fsp3) is 0.571. The Morgan fingerprint density at radius 1 is 1.90 bits per heavy atom. The van der Waals surface area contributed by atoms with Gasteiger partial charge in [-0.2, -0.15) is 0 Å². The molecule has 0 aromatic heterocycles. The maximum atomic E-state index is 10.3. The van der Waals surface area contributed by atoms with Crippen LogP contribution in [0.4, 0.5) is 4.79 Å². The van der Waals surface area contributed by atoms with E-state index in [1.807, 2.05) is 6.92 Å². The number of amides is 2. The molecule has 1 atom stereocenters. The van der Waals surface area contributed by atoms with E-state index in [0.29, 0.717) is 0 Å². The van der Waals surface area contributed by atoms with Gasteiger partial charge in [-0.1, -0.05) is 19.3 Å². The van der Waals surface area contributed by atoms with Crippen molar-refractivity contribution in [3.63, 3.8) is 0 Å². The highest BCUT2D eigenvalue weighted by molar-refractivity contribution is 5.72. The lowest BCUT2D eigenvalue weighted by atomic mass is 10.2. The number of nitrogens with two attached hydrogens (primary N) is 1. The summed E-state index contributed by atoms with van der Waals surface area (Å²) in [5, 5.41) is 2.43. The summed E-state index contributed by atoms with van der Waals surface area (Å²) in [7, 11) is 0. The van der Waals surface area contributed by atoms with Crippen LogP contribution in [0.2, 0.25) is 0 Å². The minimum Gasteiger partial charge on any atom is -0.352 e. The SMILES string of the molecule is C#CC(CCC)NC(N)=O. The summed E-state index contributed by atoms with van der Waals surface area (Å²) in [6.45, 7) is 1.99. The topological polar surface area (TPSA) is 55.1 Å². The Morgan fingerprint density at radius 3 is 2.80 bits per heavy atom. The molecule has 0 bridgehead atoms. The normalized spacial score (nSPS) is 11.6. The highest BCUT2D eigenvalue weighted by Gasteiger charge is 2.03. The standard InChI is InChI=1S/C7H12N2O/c1-3-5-6(4-2)9-7(8)10/h2,6H,3,5H2,1H3,(H3,8,9,10). The van der Waals surface area contributed by atoms with Gasteiger partial charge in [-0.25, -0.2) is 4.79 Å². The Kier molecular flexibility index (Phi) is 4.14. The van der Waals surface area contributed by atoms with Gasteiger partial charge >= 0.3 is 6.03 Å². The molecular weight excluding hydrogens is 128 g/mol. The molecule has 0 fully saturated rings. The first-order valence-corrected chi connectivity index (χ1v) is 3.22. The van der Waals surface area contributed by atoms with Gasteiger partial charge in [0.2, 0.25) is 0 Å². The third-order valence-corrected chi connectivity index (χ3v) is 1.10. The van der Waals surface area contributed by atoms with E-state index < -0.39 is 6.03 Å². The number of carbonyl (C=O) groups is 1. The lowest BCUT2D eigenvalue weighted by molar-refractivity contribution is 0.247. The van der Waals surface area contributed by atoms with Crippen molar-refractivity contribution in [1.29, 1.82) is 0 Å². The molecule has 3 nitrogen and oxygen atoms in total. The van der Waals surface area contributed by atoms with Crippen LogP contribution in [0.3, 0.4) is 0 Å². The van der Waals surface area contributed by atoms with Gasteiger partial charge < -0.3 is 11.1 Å². The molecule has 0 heterocycles. The quantitative estimate of drug-likeness (QED) is 0.550. The van der Waals surface area contributed by atoms with Crippen molar-refractivity contribution < 1.29 is 4.79 Å². The van der Waals surface area contributed by atoms with E-state index >= 15 is 0 Å². The number of primary amides is 1. The van der Waals surface area contributed by atoms with E-state index in [4.69, 9.17) is 12.2 Å². The first kappa shape index (κ1) is 8.83. The van der Waals surface area contributed by atoms with Crippen LogP contribution in [0.15, 0.2) is 0 Å². The highest BCUT2D eigenvalue weighted by atomic mass is 16.2. The Morgan fingerprint density at radius 2 is 2.50 bits per heavy atom. The Labute approximate surface area is 61.0 Å². The molecule has 0 saturated heterocycles. The van der Waals surface area contributed by atoms with Crippen LogP contribution in [0.1, 0.15) is 19.8 Å². The second-order valence-electron chi connectivity index (χ2n) is 2.02. The summed E-state index contributed by atoms with van der Waals surface area (Å²) in [4.78, 5) is 10.3. The van der Waals surface area contributed by atoms with E-state index in [9.17, 15) is 4.79 Å². The van der Waals surface area contributed by atoms with Gasteiger partial charge in [-0.05, 0) is 6.42 Å². The Bertz CT molecular complexity index is 148. The fourth-order valence-electron chi connectivity index (χ4n) is 0.658. The lowest BCUT2D eigenvalue weighted by Gasteiger charge is -2.08. The molecule has 0 spiro atoms. The minimum absolute atomic E-state index is 0.206. The van der Waals surface area contributed by atoms with Crippen LogP contribution in [0, 0.1) is 12.3 Å². The first-order valence-electron chi connectivity index (χ1n) is 3.22. The molecular formula is C7H12N2O. The van der Waals surface area contributed by atoms with Gasteiger partial charge in [-0.15, -0.1) is 6.42 Å². The van der Waals surface area contributed by atoms with Gasteiger partial charge in [0.25, 0.3) is 0 Å². The second-order valence-corrected chi connectivity index (χ2v) is 2.02. The molecule has 3 heteroatoms. The third kappa shape index (κ3) is 3.79. The number of urea groups is 1. The molecule has 0 radical (unpaired) electrons. The number of hydrogen-bond donors (Lipinski definition) is 2. The molecule has 10 heavy (non-hydrogen) atoms. The Hall–Kier alpha value is -1.17. The van der Waals surface area contributed by atoms with Crippen LogP contribution < -0.4 is 11.1 Å². The van der Waals surface area contributed by atoms with Gasteiger partial charge in [0.1, 0.15) is 0 Å². The second kappa shape index (κ2) is 4.68. The van der Waals surface area contributed by atoms with Gasteiger partial charge in [0.15, 0.2) is 0 Å².